The Labute approximate surface area is 227 Å². The van der Waals surface area contributed by atoms with Gasteiger partial charge in [0.25, 0.3) is 0 Å². The van der Waals surface area contributed by atoms with Crippen LogP contribution in [0.15, 0.2) is 140 Å². The molecule has 0 saturated carbocycles. The van der Waals surface area contributed by atoms with Crippen molar-refractivity contribution in [3.05, 3.63) is 162 Å². The summed E-state index contributed by atoms with van der Waals surface area (Å²) in [6, 6.07) is 50.0. The van der Waals surface area contributed by atoms with Crippen LogP contribution in [0, 0.1) is 11.3 Å². The van der Waals surface area contributed by atoms with Gasteiger partial charge < -0.3 is 4.74 Å². The lowest BCUT2D eigenvalue weighted by Gasteiger charge is -2.28. The Kier molecular flexibility index (Phi) is 5.54. The van der Waals surface area contributed by atoms with Gasteiger partial charge in [-0.15, -0.1) is 0 Å². The quantitative estimate of drug-likeness (QED) is 0.243. The highest BCUT2D eigenvalue weighted by Gasteiger charge is 2.31. The van der Waals surface area contributed by atoms with Crippen molar-refractivity contribution >= 4 is 22.1 Å². The van der Waals surface area contributed by atoms with E-state index in [-0.39, 0.29) is 0 Å². The van der Waals surface area contributed by atoms with E-state index < -0.39 is 0 Å². The minimum atomic E-state index is 0.542. The van der Waals surface area contributed by atoms with Crippen molar-refractivity contribution in [2.24, 2.45) is 0 Å². The second kappa shape index (κ2) is 9.49. The summed E-state index contributed by atoms with van der Waals surface area (Å²) in [4.78, 5) is 0. The minimum Gasteiger partial charge on any atom is -0.454 e. The Balaban J connectivity index is 1.67. The summed E-state index contributed by atoms with van der Waals surface area (Å²) < 4.78 is 6.89. The van der Waals surface area contributed by atoms with Crippen molar-refractivity contribution < 1.29 is 4.74 Å². The molecule has 0 amide bonds. The molecule has 0 N–H and O–H groups in total. The molecule has 2 nitrogen and oxygen atoms in total. The number of benzene rings is 6. The van der Waals surface area contributed by atoms with Crippen molar-refractivity contribution in [3.8, 4) is 34.1 Å². The Bertz CT molecular complexity index is 1900. The zero-order valence-corrected chi connectivity index (χ0v) is 21.1. The van der Waals surface area contributed by atoms with Gasteiger partial charge in [-0.05, 0) is 33.2 Å². The number of rotatable bonds is 4. The van der Waals surface area contributed by atoms with E-state index in [4.69, 9.17) is 4.74 Å². The first-order valence-electron chi connectivity index (χ1n) is 13.0. The lowest BCUT2D eigenvalue weighted by molar-refractivity contribution is 0.518. The lowest BCUT2D eigenvalue weighted by atomic mass is 9.81. The fourth-order valence-corrected chi connectivity index (χ4v) is 5.68. The average molecular weight is 498 g/mol. The highest BCUT2D eigenvalue weighted by atomic mass is 16.5. The van der Waals surface area contributed by atoms with Crippen molar-refractivity contribution in [3.63, 3.8) is 0 Å². The first kappa shape index (κ1) is 22.8. The molecule has 0 saturated heterocycles. The molecule has 0 unspecified atom stereocenters. The Morgan fingerprint density at radius 1 is 0.487 bits per heavy atom. The van der Waals surface area contributed by atoms with Crippen LogP contribution >= 0.6 is 0 Å². The predicted molar refractivity (Wildman–Crippen MR) is 159 cm³/mol. The van der Waals surface area contributed by atoms with Gasteiger partial charge >= 0.3 is 0 Å². The van der Waals surface area contributed by atoms with Crippen molar-refractivity contribution in [2.45, 2.75) is 0 Å². The van der Waals surface area contributed by atoms with Crippen LogP contribution in [0.3, 0.4) is 0 Å². The fourth-order valence-electron chi connectivity index (χ4n) is 5.68. The second-order valence-corrected chi connectivity index (χ2v) is 9.56. The number of hydrogen-bond acceptors (Lipinski definition) is 2. The number of ether oxygens (including phenoxy) is 1. The van der Waals surface area contributed by atoms with Crippen molar-refractivity contribution in [1.29, 1.82) is 5.26 Å². The van der Waals surface area contributed by atoms with Gasteiger partial charge in [-0.2, -0.15) is 5.26 Å². The molecule has 0 fully saturated rings. The van der Waals surface area contributed by atoms with Crippen molar-refractivity contribution in [1.82, 2.24) is 0 Å². The minimum absolute atomic E-state index is 0.542. The van der Waals surface area contributed by atoms with Crippen LogP contribution in [0.1, 0.15) is 22.3 Å². The predicted octanol–water partition coefficient (Wildman–Crippen LogP) is 9.35. The van der Waals surface area contributed by atoms with Gasteiger partial charge in [-0.1, -0.05) is 140 Å². The third kappa shape index (κ3) is 3.72. The standard InChI is InChI=1S/C37H23NO/c38-24-31-33(26-16-7-2-8-17-26)32(25-14-5-1-6-15-25)29-22-13-23-30-34(27-18-9-3-10-19-27)36(39-37(31)35(29)30)28-20-11-4-12-21-28/h1-23H. The zero-order valence-electron chi connectivity index (χ0n) is 21.1. The Morgan fingerprint density at radius 2 is 1.00 bits per heavy atom. The van der Waals surface area contributed by atoms with E-state index in [1.165, 1.54) is 0 Å². The third-order valence-corrected chi connectivity index (χ3v) is 7.32. The average Bonchev–Trinajstić information content (AvgIpc) is 3.02. The molecular formula is C37H23NO. The smallest absolute Gasteiger partial charge is 0.154 e. The van der Waals surface area contributed by atoms with Gasteiger partial charge in [-0.25, -0.2) is 0 Å². The largest absolute Gasteiger partial charge is 0.454 e. The maximum absolute atomic E-state index is 10.7. The van der Waals surface area contributed by atoms with E-state index in [0.29, 0.717) is 11.3 Å². The highest BCUT2D eigenvalue weighted by Crippen LogP contribution is 2.52. The van der Waals surface area contributed by atoms with Crippen molar-refractivity contribution in [2.75, 3.05) is 0 Å². The summed E-state index contributed by atoms with van der Waals surface area (Å²) in [5.74, 6) is 1.37. The molecule has 6 aromatic rings. The van der Waals surface area contributed by atoms with Crippen LogP contribution in [-0.2, 0) is 0 Å². The maximum atomic E-state index is 10.7. The van der Waals surface area contributed by atoms with Crippen LogP contribution in [0.4, 0.5) is 0 Å². The van der Waals surface area contributed by atoms with Crippen LogP contribution in [0.2, 0.25) is 0 Å². The molecule has 0 spiro atoms. The molecule has 0 aromatic heterocycles. The molecule has 0 atom stereocenters. The molecular weight excluding hydrogens is 474 g/mol. The van der Waals surface area contributed by atoms with Gasteiger partial charge in [-0.3, -0.25) is 0 Å². The third-order valence-electron chi connectivity index (χ3n) is 7.32. The molecule has 182 valence electrons. The van der Waals surface area contributed by atoms with E-state index in [1.807, 2.05) is 60.7 Å². The maximum Gasteiger partial charge on any atom is 0.154 e. The molecule has 0 radical (unpaired) electrons. The number of nitriles is 1. The van der Waals surface area contributed by atoms with Crippen LogP contribution in [0.5, 0.6) is 5.75 Å². The zero-order chi connectivity index (χ0) is 26.2. The lowest BCUT2D eigenvalue weighted by Crippen LogP contribution is -2.10. The first-order chi connectivity index (χ1) is 19.3. The Hall–Kier alpha value is -5.39. The normalized spacial score (nSPS) is 12.2. The second-order valence-electron chi connectivity index (χ2n) is 9.56. The van der Waals surface area contributed by atoms with E-state index in [1.54, 1.807) is 0 Å². The van der Waals surface area contributed by atoms with Gasteiger partial charge in [0, 0.05) is 22.1 Å². The number of nitrogens with zero attached hydrogens (tertiary/aromatic N) is 1. The van der Waals surface area contributed by atoms with Gasteiger partial charge in [0.1, 0.15) is 17.4 Å². The monoisotopic (exact) mass is 497 g/mol. The van der Waals surface area contributed by atoms with E-state index in [0.717, 1.165) is 61.0 Å². The summed E-state index contributed by atoms with van der Waals surface area (Å²) >= 11 is 0. The van der Waals surface area contributed by atoms with Crippen LogP contribution in [-0.4, -0.2) is 0 Å². The molecule has 2 heteroatoms. The molecule has 0 bridgehead atoms. The molecule has 1 heterocycles. The molecule has 7 rings (SSSR count). The summed E-state index contributed by atoms with van der Waals surface area (Å²) in [5, 5.41) is 12.8. The molecule has 6 aromatic carbocycles. The molecule has 39 heavy (non-hydrogen) atoms. The SMILES string of the molecule is N#Cc1c(-c2ccccc2)c(-c2ccccc2)c2cccc3c2c1OC(c1ccccc1)=C3c1ccccc1. The van der Waals surface area contributed by atoms with E-state index in [9.17, 15) is 5.26 Å². The van der Waals surface area contributed by atoms with E-state index >= 15 is 0 Å². The highest BCUT2D eigenvalue weighted by molar-refractivity contribution is 6.17. The van der Waals surface area contributed by atoms with Crippen LogP contribution < -0.4 is 4.74 Å². The van der Waals surface area contributed by atoms with Gasteiger partial charge in [0.05, 0.1) is 0 Å². The molecule has 1 aliphatic rings. The van der Waals surface area contributed by atoms with Crippen LogP contribution in [0.25, 0.3) is 44.4 Å². The van der Waals surface area contributed by atoms with E-state index in [2.05, 4.69) is 84.9 Å². The van der Waals surface area contributed by atoms with Gasteiger partial charge in [0.2, 0.25) is 0 Å². The summed E-state index contributed by atoms with van der Waals surface area (Å²) in [7, 11) is 0. The number of hydrogen-bond donors (Lipinski definition) is 0. The van der Waals surface area contributed by atoms with Gasteiger partial charge in [0.15, 0.2) is 5.75 Å². The molecule has 1 aliphatic heterocycles. The Morgan fingerprint density at radius 3 is 1.56 bits per heavy atom. The topological polar surface area (TPSA) is 33.0 Å². The molecule has 0 aliphatic carbocycles. The summed E-state index contributed by atoms with van der Waals surface area (Å²) in [6.45, 7) is 0. The summed E-state index contributed by atoms with van der Waals surface area (Å²) in [5.41, 5.74) is 8.65. The fraction of sp³-hybridized carbons (Fsp3) is 0. The first-order valence-corrected chi connectivity index (χ1v) is 13.0. The summed E-state index contributed by atoms with van der Waals surface area (Å²) in [6.07, 6.45) is 0.